The Balaban J connectivity index is 1.79. The van der Waals surface area contributed by atoms with Crippen LogP contribution in [0.5, 0.6) is 5.75 Å². The third-order valence-corrected chi connectivity index (χ3v) is 5.08. The van der Waals surface area contributed by atoms with Crippen molar-refractivity contribution in [2.75, 3.05) is 32.7 Å². The molecule has 0 spiro atoms. The molecule has 5 heteroatoms. The molecule has 0 aliphatic heterocycles. The number of anilines is 1. The number of hydrogen-bond donors (Lipinski definition) is 0. The quantitative estimate of drug-likeness (QED) is 0.712. The summed E-state index contributed by atoms with van der Waals surface area (Å²) in [5, 5.41) is 0.790. The summed E-state index contributed by atoms with van der Waals surface area (Å²) in [6.45, 7) is 0.604. The molecule has 2 aromatic rings. The van der Waals surface area contributed by atoms with Crippen LogP contribution in [-0.2, 0) is 11.2 Å². The number of esters is 1. The number of methoxy groups -OCH3 is 1. The first kappa shape index (κ1) is 18.6. The van der Waals surface area contributed by atoms with E-state index in [4.69, 9.17) is 21.1 Å². The first-order chi connectivity index (χ1) is 12.5. The molecule has 4 nitrogen and oxygen atoms in total. The molecule has 0 aromatic heterocycles. The zero-order valence-corrected chi connectivity index (χ0v) is 16.2. The number of benzene rings is 2. The summed E-state index contributed by atoms with van der Waals surface area (Å²) < 4.78 is 11.0. The predicted octanol–water partition coefficient (Wildman–Crippen LogP) is 4.69. The smallest absolute Gasteiger partial charge is 0.337 e. The number of aryl methyl sites for hydroxylation is 1. The molecule has 0 radical (unpaired) electrons. The number of fused-ring (bicyclic) bond motifs is 1. The van der Waals surface area contributed by atoms with E-state index in [0.29, 0.717) is 18.1 Å². The highest BCUT2D eigenvalue weighted by molar-refractivity contribution is 6.30. The summed E-state index contributed by atoms with van der Waals surface area (Å²) in [6, 6.07) is 11.5. The van der Waals surface area contributed by atoms with Crippen LogP contribution in [0.3, 0.4) is 0 Å². The summed E-state index contributed by atoms with van der Waals surface area (Å²) in [7, 11) is 5.25. The first-order valence-corrected chi connectivity index (χ1v) is 9.18. The average molecular weight is 374 g/mol. The molecule has 1 aliphatic carbocycles. The minimum Gasteiger partial charge on any atom is -0.491 e. The highest BCUT2D eigenvalue weighted by Crippen LogP contribution is 2.35. The molecule has 26 heavy (non-hydrogen) atoms. The molecule has 1 atom stereocenters. The zero-order chi connectivity index (χ0) is 18.7. The molecule has 0 heterocycles. The summed E-state index contributed by atoms with van der Waals surface area (Å²) in [5.41, 5.74) is 4.03. The molecule has 2 aromatic carbocycles. The molecule has 3 rings (SSSR count). The maximum Gasteiger partial charge on any atom is 0.337 e. The van der Waals surface area contributed by atoms with Crippen molar-refractivity contribution in [1.29, 1.82) is 0 Å². The third-order valence-electron chi connectivity index (χ3n) is 4.85. The second-order valence-electron chi connectivity index (χ2n) is 6.81. The molecular weight excluding hydrogens is 350 g/mol. The van der Waals surface area contributed by atoms with Gasteiger partial charge in [-0.3, -0.25) is 0 Å². The molecular formula is C21H24ClNO3. The number of ether oxygens (including phenoxy) is 2. The fraction of sp³-hybridized carbons (Fsp3) is 0.381. The van der Waals surface area contributed by atoms with Crippen molar-refractivity contribution in [3.8, 4) is 5.75 Å². The van der Waals surface area contributed by atoms with Gasteiger partial charge in [-0.1, -0.05) is 17.7 Å². The number of hydrogen-bond acceptors (Lipinski definition) is 4. The maximum atomic E-state index is 11.8. The molecule has 0 fully saturated rings. The van der Waals surface area contributed by atoms with Crippen LogP contribution < -0.4 is 9.64 Å². The number of nitrogens with zero attached hydrogens (tertiary/aromatic N) is 1. The Hall–Kier alpha value is -2.20. The van der Waals surface area contributed by atoms with Gasteiger partial charge >= 0.3 is 5.97 Å². The standard InChI is InChI=1S/C21H24ClNO3/c1-23(2)19-12-15(21(24)25-3)7-10-20(19)26-13-16-6-4-5-14-11-17(22)8-9-18(14)16/h7-12,16H,4-6,13H2,1-3H3. The van der Waals surface area contributed by atoms with Gasteiger partial charge in [0.2, 0.25) is 0 Å². The molecule has 1 unspecified atom stereocenters. The van der Waals surface area contributed by atoms with E-state index in [2.05, 4.69) is 12.1 Å². The van der Waals surface area contributed by atoms with E-state index in [9.17, 15) is 4.79 Å². The summed E-state index contributed by atoms with van der Waals surface area (Å²) >= 11 is 6.13. The van der Waals surface area contributed by atoms with E-state index in [-0.39, 0.29) is 5.97 Å². The van der Waals surface area contributed by atoms with Gasteiger partial charge in [0.15, 0.2) is 0 Å². The van der Waals surface area contributed by atoms with Crippen molar-refractivity contribution in [3.63, 3.8) is 0 Å². The highest BCUT2D eigenvalue weighted by atomic mass is 35.5. The van der Waals surface area contributed by atoms with Crippen LogP contribution >= 0.6 is 11.6 Å². The van der Waals surface area contributed by atoms with Gasteiger partial charge < -0.3 is 14.4 Å². The summed E-state index contributed by atoms with van der Waals surface area (Å²) in [4.78, 5) is 13.7. The number of rotatable bonds is 5. The van der Waals surface area contributed by atoms with E-state index < -0.39 is 0 Å². The van der Waals surface area contributed by atoms with Crippen LogP contribution in [0.15, 0.2) is 36.4 Å². The third kappa shape index (κ3) is 3.96. The van der Waals surface area contributed by atoms with Crippen molar-refractivity contribution in [2.45, 2.75) is 25.2 Å². The Kier molecular flexibility index (Phi) is 5.72. The van der Waals surface area contributed by atoms with E-state index >= 15 is 0 Å². The van der Waals surface area contributed by atoms with E-state index in [1.165, 1.54) is 18.2 Å². The molecule has 0 bridgehead atoms. The Morgan fingerprint density at radius 2 is 2.04 bits per heavy atom. The number of halogens is 1. The number of carbonyl (C=O) groups is 1. The lowest BCUT2D eigenvalue weighted by molar-refractivity contribution is 0.0600. The van der Waals surface area contributed by atoms with Gasteiger partial charge in [0.1, 0.15) is 5.75 Å². The fourth-order valence-corrected chi connectivity index (χ4v) is 3.68. The van der Waals surface area contributed by atoms with Gasteiger partial charge in [-0.2, -0.15) is 0 Å². The topological polar surface area (TPSA) is 38.8 Å². The van der Waals surface area contributed by atoms with Crippen LogP contribution in [0.1, 0.15) is 40.2 Å². The second-order valence-corrected chi connectivity index (χ2v) is 7.25. The predicted molar refractivity (Wildman–Crippen MR) is 105 cm³/mol. The lowest BCUT2D eigenvalue weighted by atomic mass is 9.83. The van der Waals surface area contributed by atoms with Crippen molar-refractivity contribution in [2.24, 2.45) is 0 Å². The highest BCUT2D eigenvalue weighted by Gasteiger charge is 2.22. The van der Waals surface area contributed by atoms with Gasteiger partial charge in [0.05, 0.1) is 25.0 Å². The van der Waals surface area contributed by atoms with Crippen molar-refractivity contribution < 1.29 is 14.3 Å². The van der Waals surface area contributed by atoms with Gasteiger partial charge in [0.25, 0.3) is 0 Å². The van der Waals surface area contributed by atoms with Gasteiger partial charge in [-0.25, -0.2) is 4.79 Å². The van der Waals surface area contributed by atoms with E-state index in [0.717, 1.165) is 35.7 Å². The van der Waals surface area contributed by atoms with Crippen LogP contribution in [-0.4, -0.2) is 33.8 Å². The van der Waals surface area contributed by atoms with Crippen LogP contribution in [0.4, 0.5) is 5.69 Å². The normalized spacial score (nSPS) is 15.9. The summed E-state index contributed by atoms with van der Waals surface area (Å²) in [5.74, 6) is 0.771. The monoisotopic (exact) mass is 373 g/mol. The lowest BCUT2D eigenvalue weighted by Gasteiger charge is -2.27. The Bertz CT molecular complexity index is 804. The van der Waals surface area contributed by atoms with Crippen LogP contribution in [0.25, 0.3) is 0 Å². The van der Waals surface area contributed by atoms with Crippen molar-refractivity contribution in [1.82, 2.24) is 0 Å². The van der Waals surface area contributed by atoms with Gasteiger partial charge in [-0.05, 0) is 60.7 Å². The van der Waals surface area contributed by atoms with Crippen molar-refractivity contribution in [3.05, 3.63) is 58.1 Å². The minimum absolute atomic E-state index is 0.349. The molecule has 0 saturated heterocycles. The SMILES string of the molecule is COC(=O)c1ccc(OCC2CCCc3cc(Cl)ccc32)c(N(C)C)c1. The van der Waals surface area contributed by atoms with E-state index in [1.807, 2.05) is 31.1 Å². The first-order valence-electron chi connectivity index (χ1n) is 8.80. The zero-order valence-electron chi connectivity index (χ0n) is 15.4. The lowest BCUT2D eigenvalue weighted by Crippen LogP contribution is -2.18. The Labute approximate surface area is 159 Å². The maximum absolute atomic E-state index is 11.8. The average Bonchev–Trinajstić information content (AvgIpc) is 2.65. The van der Waals surface area contributed by atoms with Crippen molar-refractivity contribution >= 4 is 23.3 Å². The van der Waals surface area contributed by atoms with Gasteiger partial charge in [-0.15, -0.1) is 0 Å². The molecule has 0 saturated carbocycles. The van der Waals surface area contributed by atoms with Crippen LogP contribution in [0.2, 0.25) is 5.02 Å². The largest absolute Gasteiger partial charge is 0.491 e. The van der Waals surface area contributed by atoms with E-state index in [1.54, 1.807) is 12.1 Å². The Morgan fingerprint density at radius 1 is 1.23 bits per heavy atom. The van der Waals surface area contributed by atoms with Gasteiger partial charge in [0, 0.05) is 25.0 Å². The molecule has 1 aliphatic rings. The van der Waals surface area contributed by atoms with Crippen LogP contribution in [0, 0.1) is 0 Å². The fourth-order valence-electron chi connectivity index (χ4n) is 3.48. The molecule has 0 amide bonds. The Morgan fingerprint density at radius 3 is 2.77 bits per heavy atom. The molecule has 0 N–H and O–H groups in total. The summed E-state index contributed by atoms with van der Waals surface area (Å²) in [6.07, 6.45) is 3.32. The molecule has 138 valence electrons. The number of carbonyl (C=O) groups excluding carboxylic acids is 1. The minimum atomic E-state index is -0.349. The second kappa shape index (κ2) is 8.00.